The highest BCUT2D eigenvalue weighted by atomic mass is 16.2. The van der Waals surface area contributed by atoms with Crippen LogP contribution in [-0.2, 0) is 4.79 Å². The first-order valence-corrected chi connectivity index (χ1v) is 6.96. The van der Waals surface area contributed by atoms with E-state index >= 15 is 0 Å². The average molecular weight is 237 g/mol. The highest BCUT2D eigenvalue weighted by molar-refractivity contribution is 5.88. The summed E-state index contributed by atoms with van der Waals surface area (Å²) in [6.45, 7) is 2.87. The van der Waals surface area contributed by atoms with E-state index in [0.717, 1.165) is 26.1 Å². The van der Waals surface area contributed by atoms with Crippen LogP contribution in [0.2, 0.25) is 0 Å². The molecule has 2 saturated heterocycles. The molecule has 2 heterocycles. The Kier molecular flexibility index (Phi) is 2.87. The summed E-state index contributed by atoms with van der Waals surface area (Å²) >= 11 is 0. The van der Waals surface area contributed by atoms with Gasteiger partial charge >= 0.3 is 0 Å². The second-order valence-corrected chi connectivity index (χ2v) is 5.93. The fourth-order valence-corrected chi connectivity index (χ4v) is 3.68. The molecule has 0 aromatic carbocycles. The van der Waals surface area contributed by atoms with Crippen molar-refractivity contribution in [3.63, 3.8) is 0 Å². The van der Waals surface area contributed by atoms with Gasteiger partial charge in [0.2, 0.25) is 5.91 Å². The Morgan fingerprint density at radius 2 is 2.12 bits per heavy atom. The molecule has 4 nitrogen and oxygen atoms in total. The molecule has 4 heteroatoms. The minimum absolute atomic E-state index is 0.169. The number of likely N-dealkylation sites (tertiary alicyclic amines) is 1. The van der Waals surface area contributed by atoms with Crippen LogP contribution in [0.5, 0.6) is 0 Å². The molecular formula is C13H23N3O. The van der Waals surface area contributed by atoms with Gasteiger partial charge in [0.05, 0.1) is 12.2 Å². The third kappa shape index (κ3) is 1.87. The van der Waals surface area contributed by atoms with Crippen LogP contribution in [0.15, 0.2) is 0 Å². The molecule has 3 aliphatic rings. The van der Waals surface area contributed by atoms with Gasteiger partial charge < -0.3 is 9.80 Å². The van der Waals surface area contributed by atoms with Gasteiger partial charge in [0.15, 0.2) is 0 Å². The first kappa shape index (κ1) is 11.5. The molecule has 96 valence electrons. The Morgan fingerprint density at radius 3 is 2.76 bits per heavy atom. The van der Waals surface area contributed by atoms with Crippen molar-refractivity contribution in [1.29, 1.82) is 0 Å². The monoisotopic (exact) mass is 237 g/mol. The van der Waals surface area contributed by atoms with E-state index in [0.29, 0.717) is 11.9 Å². The fourth-order valence-electron chi connectivity index (χ4n) is 3.68. The van der Waals surface area contributed by atoms with Gasteiger partial charge in [-0.15, -0.1) is 0 Å². The van der Waals surface area contributed by atoms with Crippen LogP contribution in [0.3, 0.4) is 0 Å². The lowest BCUT2D eigenvalue weighted by Crippen LogP contribution is -2.45. The fraction of sp³-hybridized carbons (Fsp3) is 0.923. The summed E-state index contributed by atoms with van der Waals surface area (Å²) < 4.78 is 0. The molecule has 0 aromatic rings. The average Bonchev–Trinajstić information content (AvgIpc) is 3.00. The summed E-state index contributed by atoms with van der Waals surface area (Å²) in [6, 6.07) is 0.581. The number of carbonyl (C=O) groups excluding carboxylic acids is 1. The molecule has 0 bridgehead atoms. The number of amides is 1. The topological polar surface area (TPSA) is 35.6 Å². The maximum absolute atomic E-state index is 12.5. The summed E-state index contributed by atoms with van der Waals surface area (Å²) in [4.78, 5) is 16.9. The number of likely N-dealkylation sites (N-methyl/N-ethyl adjacent to an activating group) is 1. The van der Waals surface area contributed by atoms with Crippen molar-refractivity contribution in [2.75, 3.05) is 26.8 Å². The third-order valence-electron chi connectivity index (χ3n) is 4.86. The van der Waals surface area contributed by atoms with Gasteiger partial charge in [-0.05, 0) is 39.3 Å². The maximum atomic E-state index is 12.5. The molecule has 1 atom stereocenters. The summed E-state index contributed by atoms with van der Waals surface area (Å²) in [5, 5.41) is 3.48. The van der Waals surface area contributed by atoms with Crippen LogP contribution in [0.25, 0.3) is 0 Å². The van der Waals surface area contributed by atoms with E-state index < -0.39 is 0 Å². The van der Waals surface area contributed by atoms with E-state index in [4.69, 9.17) is 0 Å². The van der Waals surface area contributed by atoms with Crippen LogP contribution >= 0.6 is 0 Å². The van der Waals surface area contributed by atoms with Gasteiger partial charge in [0, 0.05) is 12.6 Å². The van der Waals surface area contributed by atoms with Gasteiger partial charge in [-0.3, -0.25) is 10.1 Å². The van der Waals surface area contributed by atoms with Crippen molar-refractivity contribution in [2.24, 2.45) is 0 Å². The van der Waals surface area contributed by atoms with Crippen LogP contribution < -0.4 is 5.32 Å². The number of hydrogen-bond acceptors (Lipinski definition) is 3. The minimum atomic E-state index is -0.169. The number of nitrogens with zero attached hydrogens (tertiary/aromatic N) is 2. The number of hydrogen-bond donors (Lipinski definition) is 1. The first-order valence-electron chi connectivity index (χ1n) is 6.96. The summed E-state index contributed by atoms with van der Waals surface area (Å²) in [6.07, 6.45) is 7.02. The number of rotatable bonds is 2. The Hall–Kier alpha value is -0.610. The lowest BCUT2D eigenvalue weighted by Gasteiger charge is -2.26. The molecule has 1 aliphatic carbocycles. The van der Waals surface area contributed by atoms with Crippen molar-refractivity contribution in [3.8, 4) is 0 Å². The summed E-state index contributed by atoms with van der Waals surface area (Å²) in [5.41, 5.74) is -0.169. The smallest absolute Gasteiger partial charge is 0.244 e. The molecule has 1 saturated carbocycles. The second kappa shape index (κ2) is 4.25. The maximum Gasteiger partial charge on any atom is 0.244 e. The van der Waals surface area contributed by atoms with Gasteiger partial charge in [0.25, 0.3) is 0 Å². The van der Waals surface area contributed by atoms with Gasteiger partial charge in [-0.25, -0.2) is 0 Å². The van der Waals surface area contributed by atoms with E-state index in [1.165, 1.54) is 32.2 Å². The Bertz CT molecular complexity index is 312. The third-order valence-corrected chi connectivity index (χ3v) is 4.86. The zero-order valence-corrected chi connectivity index (χ0v) is 10.7. The number of nitrogens with one attached hydrogen (secondary N) is 1. The predicted octanol–water partition coefficient (Wildman–Crippen LogP) is 0.783. The molecule has 2 aliphatic heterocycles. The molecule has 1 amide bonds. The van der Waals surface area contributed by atoms with E-state index in [-0.39, 0.29) is 5.54 Å². The lowest BCUT2D eigenvalue weighted by molar-refractivity contribution is -0.132. The molecule has 17 heavy (non-hydrogen) atoms. The largest absolute Gasteiger partial charge is 0.327 e. The molecule has 3 rings (SSSR count). The SMILES string of the molecule is CN1CCCC1CN1CNC2(CCCC2)C1=O. The summed E-state index contributed by atoms with van der Waals surface area (Å²) in [5.74, 6) is 0.371. The lowest BCUT2D eigenvalue weighted by atomic mass is 9.98. The van der Waals surface area contributed by atoms with Crippen LogP contribution in [0.1, 0.15) is 38.5 Å². The Labute approximate surface area is 103 Å². The quantitative estimate of drug-likeness (QED) is 0.771. The number of carbonyl (C=O) groups is 1. The minimum Gasteiger partial charge on any atom is -0.327 e. The van der Waals surface area contributed by atoms with Gasteiger partial charge in [-0.2, -0.15) is 0 Å². The first-order chi connectivity index (χ1) is 8.21. The normalized spacial score (nSPS) is 33.1. The second-order valence-electron chi connectivity index (χ2n) is 5.93. The molecule has 3 fully saturated rings. The summed E-state index contributed by atoms with van der Waals surface area (Å²) in [7, 11) is 2.18. The Morgan fingerprint density at radius 1 is 1.35 bits per heavy atom. The van der Waals surface area contributed by atoms with Crippen molar-refractivity contribution in [1.82, 2.24) is 15.1 Å². The Balaban J connectivity index is 1.64. The molecule has 1 spiro atoms. The van der Waals surface area contributed by atoms with E-state index in [1.807, 2.05) is 0 Å². The van der Waals surface area contributed by atoms with Crippen molar-refractivity contribution < 1.29 is 4.79 Å². The van der Waals surface area contributed by atoms with Crippen molar-refractivity contribution in [2.45, 2.75) is 50.1 Å². The van der Waals surface area contributed by atoms with Gasteiger partial charge in [0.1, 0.15) is 0 Å². The highest BCUT2D eigenvalue weighted by Gasteiger charge is 2.48. The van der Waals surface area contributed by atoms with Crippen LogP contribution in [-0.4, -0.2) is 54.1 Å². The molecule has 0 aromatic heterocycles. The van der Waals surface area contributed by atoms with Crippen LogP contribution in [0.4, 0.5) is 0 Å². The van der Waals surface area contributed by atoms with Crippen LogP contribution in [0, 0.1) is 0 Å². The van der Waals surface area contributed by atoms with E-state index in [9.17, 15) is 4.79 Å². The van der Waals surface area contributed by atoms with Crippen molar-refractivity contribution >= 4 is 5.91 Å². The van der Waals surface area contributed by atoms with Crippen molar-refractivity contribution in [3.05, 3.63) is 0 Å². The zero-order valence-electron chi connectivity index (χ0n) is 10.7. The molecular weight excluding hydrogens is 214 g/mol. The van der Waals surface area contributed by atoms with E-state index in [2.05, 4.69) is 22.2 Å². The van der Waals surface area contributed by atoms with Gasteiger partial charge in [-0.1, -0.05) is 12.8 Å². The predicted molar refractivity (Wildman–Crippen MR) is 66.6 cm³/mol. The highest BCUT2D eigenvalue weighted by Crippen LogP contribution is 2.34. The standard InChI is InChI=1S/C13H23N3O/c1-15-8-4-5-11(15)9-16-10-14-13(12(16)17)6-2-3-7-13/h11,14H,2-10H2,1H3. The molecule has 1 unspecified atom stereocenters. The molecule has 0 radical (unpaired) electrons. The molecule has 1 N–H and O–H groups in total. The van der Waals surface area contributed by atoms with E-state index in [1.54, 1.807) is 0 Å². The zero-order chi connectivity index (χ0) is 11.9.